The number of rotatable bonds is 7. The molecule has 0 N–H and O–H groups in total. The lowest BCUT2D eigenvalue weighted by Crippen LogP contribution is -2.25. The van der Waals surface area contributed by atoms with Gasteiger partial charge in [0, 0.05) is 31.0 Å². The largest absolute Gasteiger partial charge is 0.474 e. The van der Waals surface area contributed by atoms with Crippen molar-refractivity contribution in [3.8, 4) is 11.6 Å². The van der Waals surface area contributed by atoms with Crippen molar-refractivity contribution in [1.82, 2.24) is 19.7 Å². The number of aryl methyl sites for hydroxylation is 1. The van der Waals surface area contributed by atoms with Gasteiger partial charge in [0.15, 0.2) is 5.82 Å². The van der Waals surface area contributed by atoms with Crippen LogP contribution in [0.3, 0.4) is 0 Å². The summed E-state index contributed by atoms with van der Waals surface area (Å²) in [5.74, 6) is 3.74. The van der Waals surface area contributed by atoms with Crippen molar-refractivity contribution >= 4 is 0 Å². The Morgan fingerprint density at radius 3 is 2.18 bits per heavy atom. The molecule has 0 atom stereocenters. The Hall–Kier alpha value is -2.73. The molecule has 0 unspecified atom stereocenters. The molecule has 0 bridgehead atoms. The summed E-state index contributed by atoms with van der Waals surface area (Å²) in [6.45, 7) is 6.49. The molecule has 2 aliphatic carbocycles. The lowest BCUT2D eigenvalue weighted by atomic mass is 9.86. The van der Waals surface area contributed by atoms with Gasteiger partial charge >= 0.3 is 0 Å². The van der Waals surface area contributed by atoms with E-state index >= 15 is 0 Å². The van der Waals surface area contributed by atoms with Crippen molar-refractivity contribution < 1.29 is 9.47 Å². The number of benzene rings is 1. The minimum Gasteiger partial charge on any atom is -0.474 e. The van der Waals surface area contributed by atoms with E-state index in [1.165, 1.54) is 18.4 Å². The fourth-order valence-electron chi connectivity index (χ4n) is 4.54. The van der Waals surface area contributed by atoms with E-state index in [2.05, 4.69) is 44.0 Å². The van der Waals surface area contributed by atoms with Crippen molar-refractivity contribution in [3.05, 3.63) is 65.4 Å². The van der Waals surface area contributed by atoms with Crippen LogP contribution in [0.15, 0.2) is 42.6 Å². The number of pyridine rings is 1. The van der Waals surface area contributed by atoms with Crippen LogP contribution in [-0.4, -0.2) is 33.0 Å². The number of ether oxygens (including phenoxy) is 2. The molecular weight excluding hydrogens is 412 g/mol. The van der Waals surface area contributed by atoms with Gasteiger partial charge in [-0.1, -0.05) is 32.0 Å². The predicted molar refractivity (Wildman–Crippen MR) is 130 cm³/mol. The number of hydrogen-bond acceptors (Lipinski definition) is 5. The van der Waals surface area contributed by atoms with Gasteiger partial charge in [-0.25, -0.2) is 4.98 Å². The van der Waals surface area contributed by atoms with Gasteiger partial charge in [-0.2, -0.15) is 0 Å². The molecule has 1 aromatic carbocycles. The van der Waals surface area contributed by atoms with E-state index in [-0.39, 0.29) is 6.10 Å². The molecule has 2 aromatic heterocycles. The molecule has 176 valence electrons. The van der Waals surface area contributed by atoms with Crippen LogP contribution in [0, 0.1) is 6.92 Å². The molecule has 0 amide bonds. The topological polar surface area (TPSA) is 62.1 Å². The smallest absolute Gasteiger partial charge is 0.213 e. The number of nitrogens with zero attached hydrogens (tertiary/aromatic N) is 4. The van der Waals surface area contributed by atoms with E-state index in [0.717, 1.165) is 60.4 Å². The van der Waals surface area contributed by atoms with Crippen LogP contribution in [0.1, 0.15) is 87.0 Å². The average molecular weight is 449 g/mol. The standard InChI is InChI=1S/C25H30N4O2.C2H6/c1-17-3-14-24(26-15-17)31-22-12-8-20(9-13-22)25-28-27-23(16-30-2)29(25)21-10-6-19(7-11-21)18-4-5-18;1-2/h3,6-7,10-11,14-15,18,20,22H,4-5,8-9,12-13,16H2,1-2H3;1-2H3. The summed E-state index contributed by atoms with van der Waals surface area (Å²) in [6, 6.07) is 12.9. The SMILES string of the molecule is CC.COCc1nnc(C2CCC(Oc3ccc(C)cn3)CC2)n1-c1ccc(C2CC2)cc1. The molecule has 0 saturated heterocycles. The highest BCUT2D eigenvalue weighted by Gasteiger charge is 2.29. The third-order valence-electron chi connectivity index (χ3n) is 6.44. The van der Waals surface area contributed by atoms with Crippen molar-refractivity contribution in [3.63, 3.8) is 0 Å². The monoisotopic (exact) mass is 448 g/mol. The van der Waals surface area contributed by atoms with E-state index in [4.69, 9.17) is 9.47 Å². The molecule has 0 aliphatic heterocycles. The first-order valence-electron chi connectivity index (χ1n) is 12.3. The highest BCUT2D eigenvalue weighted by Crippen LogP contribution is 2.40. The summed E-state index contributed by atoms with van der Waals surface area (Å²) >= 11 is 0. The first-order valence-corrected chi connectivity index (χ1v) is 12.3. The van der Waals surface area contributed by atoms with Crippen LogP contribution in [0.25, 0.3) is 5.69 Å². The number of hydrogen-bond donors (Lipinski definition) is 0. The van der Waals surface area contributed by atoms with Gasteiger partial charge in [0.2, 0.25) is 5.88 Å². The molecule has 2 fully saturated rings. The van der Waals surface area contributed by atoms with Crippen LogP contribution < -0.4 is 4.74 Å². The maximum Gasteiger partial charge on any atom is 0.213 e. The molecule has 3 aromatic rings. The normalized spacial score (nSPS) is 20.1. The van der Waals surface area contributed by atoms with Crippen molar-refractivity contribution in [2.45, 2.75) is 83.8 Å². The molecule has 0 spiro atoms. The van der Waals surface area contributed by atoms with E-state index in [1.54, 1.807) is 7.11 Å². The Morgan fingerprint density at radius 2 is 1.58 bits per heavy atom. The summed E-state index contributed by atoms with van der Waals surface area (Å²) in [4.78, 5) is 4.39. The van der Waals surface area contributed by atoms with Crippen LogP contribution in [0.4, 0.5) is 0 Å². The van der Waals surface area contributed by atoms with Gasteiger partial charge in [-0.15, -0.1) is 10.2 Å². The second-order valence-electron chi connectivity index (χ2n) is 8.87. The van der Waals surface area contributed by atoms with Crippen LogP contribution in [0.2, 0.25) is 0 Å². The van der Waals surface area contributed by atoms with Gasteiger partial charge < -0.3 is 9.47 Å². The number of methoxy groups -OCH3 is 1. The quantitative estimate of drug-likeness (QED) is 0.435. The second-order valence-corrected chi connectivity index (χ2v) is 8.87. The first kappa shape index (κ1) is 23.4. The summed E-state index contributed by atoms with van der Waals surface area (Å²) < 4.78 is 13.7. The number of aromatic nitrogens is 4. The van der Waals surface area contributed by atoms with Gasteiger partial charge in [0.1, 0.15) is 18.5 Å². The summed E-state index contributed by atoms with van der Waals surface area (Å²) in [6.07, 6.45) is 8.74. The average Bonchev–Trinajstić information content (AvgIpc) is 3.63. The maximum absolute atomic E-state index is 6.12. The molecular formula is C27H36N4O2. The summed E-state index contributed by atoms with van der Waals surface area (Å²) in [5, 5.41) is 9.07. The Labute approximate surface area is 197 Å². The minimum atomic E-state index is 0.207. The Morgan fingerprint density at radius 1 is 0.879 bits per heavy atom. The fraction of sp³-hybridized carbons (Fsp3) is 0.519. The minimum absolute atomic E-state index is 0.207. The van der Waals surface area contributed by atoms with Crippen LogP contribution in [0.5, 0.6) is 5.88 Å². The molecule has 5 rings (SSSR count). The zero-order valence-corrected chi connectivity index (χ0v) is 20.3. The predicted octanol–water partition coefficient (Wildman–Crippen LogP) is 6.13. The first-order chi connectivity index (χ1) is 16.2. The fourth-order valence-corrected chi connectivity index (χ4v) is 4.54. The van der Waals surface area contributed by atoms with E-state index in [0.29, 0.717) is 12.5 Å². The summed E-state index contributed by atoms with van der Waals surface area (Å²) in [5.41, 5.74) is 3.71. The summed E-state index contributed by atoms with van der Waals surface area (Å²) in [7, 11) is 1.70. The lowest BCUT2D eigenvalue weighted by Gasteiger charge is -2.28. The molecule has 33 heavy (non-hydrogen) atoms. The van der Waals surface area contributed by atoms with E-state index < -0.39 is 0 Å². The van der Waals surface area contributed by atoms with Crippen molar-refractivity contribution in [2.24, 2.45) is 0 Å². The molecule has 6 nitrogen and oxygen atoms in total. The van der Waals surface area contributed by atoms with Gasteiger partial charge in [-0.3, -0.25) is 4.57 Å². The van der Waals surface area contributed by atoms with E-state index in [9.17, 15) is 0 Å². The molecule has 2 aliphatic rings. The van der Waals surface area contributed by atoms with Crippen molar-refractivity contribution in [1.29, 1.82) is 0 Å². The highest BCUT2D eigenvalue weighted by molar-refractivity contribution is 5.39. The zero-order valence-electron chi connectivity index (χ0n) is 20.3. The van der Waals surface area contributed by atoms with Crippen LogP contribution >= 0.6 is 0 Å². The second kappa shape index (κ2) is 10.9. The Kier molecular flexibility index (Phi) is 7.76. The zero-order chi connectivity index (χ0) is 23.2. The molecule has 6 heteroatoms. The maximum atomic E-state index is 6.12. The lowest BCUT2D eigenvalue weighted by molar-refractivity contribution is 0.138. The third-order valence-corrected chi connectivity index (χ3v) is 6.44. The van der Waals surface area contributed by atoms with Crippen LogP contribution in [-0.2, 0) is 11.3 Å². The Balaban J connectivity index is 0.00000126. The van der Waals surface area contributed by atoms with Gasteiger partial charge in [-0.05, 0) is 74.6 Å². The highest BCUT2D eigenvalue weighted by atomic mass is 16.5. The van der Waals surface area contributed by atoms with Crippen molar-refractivity contribution in [2.75, 3.05) is 7.11 Å². The molecule has 2 heterocycles. The molecule has 2 saturated carbocycles. The molecule has 0 radical (unpaired) electrons. The Bertz CT molecular complexity index is 1000. The third kappa shape index (κ3) is 5.61. The van der Waals surface area contributed by atoms with E-state index in [1.807, 2.05) is 39.1 Å². The van der Waals surface area contributed by atoms with Gasteiger partial charge in [0.05, 0.1) is 0 Å². The van der Waals surface area contributed by atoms with Gasteiger partial charge in [0.25, 0.3) is 0 Å².